The molecule has 4 rings (SSSR count). The van der Waals surface area contributed by atoms with E-state index in [0.29, 0.717) is 12.3 Å². The van der Waals surface area contributed by atoms with Crippen LogP contribution in [-0.2, 0) is 21.4 Å². The van der Waals surface area contributed by atoms with E-state index in [4.69, 9.17) is 4.74 Å². The molecule has 0 atom stereocenters. The molecule has 0 aromatic heterocycles. The summed E-state index contributed by atoms with van der Waals surface area (Å²) in [5.41, 5.74) is 1.55. The average molecular weight is 548 g/mol. The summed E-state index contributed by atoms with van der Waals surface area (Å²) >= 11 is 0. The normalized spacial score (nSPS) is 10.9. The first-order valence-electron chi connectivity index (χ1n) is 11.9. The van der Waals surface area contributed by atoms with Gasteiger partial charge in [0, 0.05) is 6.54 Å². The number of hydrogen-bond acceptors (Lipinski definition) is 5. The summed E-state index contributed by atoms with van der Waals surface area (Å²) in [5.74, 6) is -1.18. The molecule has 0 heterocycles. The summed E-state index contributed by atoms with van der Waals surface area (Å²) in [5, 5.41) is 5.47. The first kappa shape index (κ1) is 27.3. The number of nitrogens with zero attached hydrogens (tertiary/aromatic N) is 1. The standard InChI is InChI=1S/C29H26FN3O5S/c1-38-24-15-13-23(14-16-24)33(39(36,37)25-17-11-22(30)12-18-25)20-28(34)32-27-10-6-5-9-26(27)29(35)31-19-21-7-3-2-4-8-21/h2-18H,19-20H2,1H3,(H,31,35)(H,32,34). The van der Waals surface area contributed by atoms with Crippen molar-refractivity contribution in [2.75, 3.05) is 23.3 Å². The number of hydrogen-bond donors (Lipinski definition) is 2. The molecule has 4 aromatic rings. The van der Waals surface area contributed by atoms with Gasteiger partial charge < -0.3 is 15.4 Å². The summed E-state index contributed by atoms with van der Waals surface area (Å²) < 4.78 is 46.5. The van der Waals surface area contributed by atoms with Gasteiger partial charge in [-0.1, -0.05) is 42.5 Å². The maximum Gasteiger partial charge on any atom is 0.264 e. The van der Waals surface area contributed by atoms with Crippen LogP contribution in [0.4, 0.5) is 15.8 Å². The van der Waals surface area contributed by atoms with E-state index in [9.17, 15) is 22.4 Å². The number of ether oxygens (including phenoxy) is 1. The van der Waals surface area contributed by atoms with E-state index < -0.39 is 34.2 Å². The maximum atomic E-state index is 13.5. The number of para-hydroxylation sites is 1. The Bertz CT molecular complexity index is 1540. The molecule has 2 N–H and O–H groups in total. The zero-order valence-electron chi connectivity index (χ0n) is 21.0. The highest BCUT2D eigenvalue weighted by atomic mass is 32.2. The highest BCUT2D eigenvalue weighted by Gasteiger charge is 2.28. The van der Waals surface area contributed by atoms with E-state index in [-0.39, 0.29) is 21.8 Å². The second-order valence-corrected chi connectivity index (χ2v) is 10.3. The number of benzene rings is 4. The Morgan fingerprint density at radius 1 is 0.846 bits per heavy atom. The van der Waals surface area contributed by atoms with Gasteiger partial charge in [0.05, 0.1) is 28.9 Å². The molecular formula is C29H26FN3O5S. The van der Waals surface area contributed by atoms with Crippen LogP contribution in [0.5, 0.6) is 5.75 Å². The van der Waals surface area contributed by atoms with Gasteiger partial charge in [0.2, 0.25) is 5.91 Å². The van der Waals surface area contributed by atoms with Crippen molar-refractivity contribution in [1.29, 1.82) is 0 Å². The zero-order valence-corrected chi connectivity index (χ0v) is 21.8. The lowest BCUT2D eigenvalue weighted by atomic mass is 10.1. The van der Waals surface area contributed by atoms with Gasteiger partial charge in [-0.2, -0.15) is 0 Å². The summed E-state index contributed by atoms with van der Waals surface area (Å²) in [6, 6.07) is 26.2. The van der Waals surface area contributed by atoms with Crippen LogP contribution in [0, 0.1) is 5.82 Å². The average Bonchev–Trinajstić information content (AvgIpc) is 2.96. The van der Waals surface area contributed by atoms with Crippen LogP contribution < -0.4 is 19.7 Å². The van der Waals surface area contributed by atoms with Crippen molar-refractivity contribution in [2.24, 2.45) is 0 Å². The Labute approximate surface area is 226 Å². The highest BCUT2D eigenvalue weighted by Crippen LogP contribution is 2.26. The molecular weight excluding hydrogens is 521 g/mol. The molecule has 0 aliphatic heterocycles. The topological polar surface area (TPSA) is 105 Å². The third kappa shape index (κ3) is 6.79. The number of nitrogens with one attached hydrogen (secondary N) is 2. The third-order valence-corrected chi connectivity index (χ3v) is 7.58. The summed E-state index contributed by atoms with van der Waals surface area (Å²) in [4.78, 5) is 25.9. The van der Waals surface area contributed by atoms with Crippen molar-refractivity contribution in [3.63, 3.8) is 0 Å². The molecule has 0 unspecified atom stereocenters. The minimum Gasteiger partial charge on any atom is -0.497 e. The van der Waals surface area contributed by atoms with E-state index in [1.165, 1.54) is 19.2 Å². The molecule has 0 radical (unpaired) electrons. The molecule has 0 aliphatic carbocycles. The smallest absolute Gasteiger partial charge is 0.264 e. The lowest BCUT2D eigenvalue weighted by Gasteiger charge is -2.24. The number of halogens is 1. The number of amides is 2. The summed E-state index contributed by atoms with van der Waals surface area (Å²) in [6.07, 6.45) is 0. The number of carbonyl (C=O) groups excluding carboxylic acids is 2. The lowest BCUT2D eigenvalue weighted by Crippen LogP contribution is -2.38. The maximum absolute atomic E-state index is 13.5. The second-order valence-electron chi connectivity index (χ2n) is 8.43. The van der Waals surface area contributed by atoms with Crippen LogP contribution in [-0.4, -0.2) is 33.9 Å². The van der Waals surface area contributed by atoms with Crippen molar-refractivity contribution < 1.29 is 27.1 Å². The first-order chi connectivity index (χ1) is 18.8. The zero-order chi connectivity index (χ0) is 27.8. The fourth-order valence-electron chi connectivity index (χ4n) is 3.78. The van der Waals surface area contributed by atoms with E-state index in [0.717, 1.165) is 34.1 Å². The number of carbonyl (C=O) groups is 2. The van der Waals surface area contributed by atoms with Gasteiger partial charge in [-0.3, -0.25) is 13.9 Å². The van der Waals surface area contributed by atoms with E-state index in [2.05, 4.69) is 10.6 Å². The number of anilines is 2. The number of rotatable bonds is 10. The number of sulfonamides is 1. The Kier molecular flexibility index (Phi) is 8.57. The van der Waals surface area contributed by atoms with E-state index in [1.807, 2.05) is 30.3 Å². The van der Waals surface area contributed by atoms with E-state index >= 15 is 0 Å². The Morgan fingerprint density at radius 2 is 1.49 bits per heavy atom. The monoisotopic (exact) mass is 547 g/mol. The third-order valence-electron chi connectivity index (χ3n) is 5.79. The van der Waals surface area contributed by atoms with Crippen LogP contribution in [0.1, 0.15) is 15.9 Å². The summed E-state index contributed by atoms with van der Waals surface area (Å²) in [7, 11) is -2.78. The molecule has 10 heteroatoms. The molecule has 8 nitrogen and oxygen atoms in total. The first-order valence-corrected chi connectivity index (χ1v) is 13.4. The fraction of sp³-hybridized carbons (Fsp3) is 0.103. The van der Waals surface area contributed by atoms with Gasteiger partial charge >= 0.3 is 0 Å². The van der Waals surface area contributed by atoms with Crippen molar-refractivity contribution in [3.8, 4) is 5.75 Å². The number of methoxy groups -OCH3 is 1. The van der Waals surface area contributed by atoms with Gasteiger partial charge in [-0.15, -0.1) is 0 Å². The minimum absolute atomic E-state index is 0.187. The van der Waals surface area contributed by atoms with Gasteiger partial charge in [0.25, 0.3) is 15.9 Å². The molecule has 0 saturated heterocycles. The molecule has 4 aromatic carbocycles. The molecule has 0 bridgehead atoms. The summed E-state index contributed by atoms with van der Waals surface area (Å²) in [6.45, 7) is -0.310. The Morgan fingerprint density at radius 3 is 2.15 bits per heavy atom. The SMILES string of the molecule is COc1ccc(N(CC(=O)Nc2ccccc2C(=O)NCc2ccccc2)S(=O)(=O)c2ccc(F)cc2)cc1. The van der Waals surface area contributed by atoms with E-state index in [1.54, 1.807) is 36.4 Å². The van der Waals surface area contributed by atoms with Gasteiger partial charge in [0.1, 0.15) is 18.1 Å². The second kappa shape index (κ2) is 12.2. The fourth-order valence-corrected chi connectivity index (χ4v) is 5.20. The van der Waals surface area contributed by atoms with Gasteiger partial charge in [-0.05, 0) is 66.2 Å². The molecule has 200 valence electrons. The molecule has 0 spiro atoms. The molecule has 0 fully saturated rings. The predicted molar refractivity (Wildman–Crippen MR) is 147 cm³/mol. The van der Waals surface area contributed by atoms with Crippen LogP contribution >= 0.6 is 0 Å². The molecule has 0 saturated carbocycles. The lowest BCUT2D eigenvalue weighted by molar-refractivity contribution is -0.114. The minimum atomic E-state index is -4.26. The molecule has 39 heavy (non-hydrogen) atoms. The van der Waals surface area contributed by atoms with Crippen molar-refractivity contribution in [3.05, 3.63) is 120 Å². The molecule has 2 amide bonds. The van der Waals surface area contributed by atoms with Crippen LogP contribution in [0.25, 0.3) is 0 Å². The van der Waals surface area contributed by atoms with Crippen molar-refractivity contribution in [2.45, 2.75) is 11.4 Å². The Balaban J connectivity index is 1.57. The van der Waals surface area contributed by atoms with Crippen LogP contribution in [0.2, 0.25) is 0 Å². The molecule has 0 aliphatic rings. The predicted octanol–water partition coefficient (Wildman–Crippen LogP) is 4.60. The van der Waals surface area contributed by atoms with Crippen molar-refractivity contribution in [1.82, 2.24) is 5.32 Å². The highest BCUT2D eigenvalue weighted by molar-refractivity contribution is 7.92. The van der Waals surface area contributed by atoms with Gasteiger partial charge in [0.15, 0.2) is 0 Å². The van der Waals surface area contributed by atoms with Crippen molar-refractivity contribution >= 4 is 33.2 Å². The quantitative estimate of drug-likeness (QED) is 0.302. The van der Waals surface area contributed by atoms with Crippen LogP contribution in [0.3, 0.4) is 0 Å². The van der Waals surface area contributed by atoms with Crippen LogP contribution in [0.15, 0.2) is 108 Å². The Hall–Kier alpha value is -4.70. The largest absolute Gasteiger partial charge is 0.497 e. The van der Waals surface area contributed by atoms with Gasteiger partial charge in [-0.25, -0.2) is 12.8 Å².